The number of nitriles is 1. The van der Waals surface area contributed by atoms with Crippen molar-refractivity contribution in [3.63, 3.8) is 0 Å². The third-order valence-corrected chi connectivity index (χ3v) is 6.75. The van der Waals surface area contributed by atoms with Crippen LogP contribution in [0.2, 0.25) is 5.02 Å². The van der Waals surface area contributed by atoms with Crippen LogP contribution in [0.3, 0.4) is 0 Å². The number of anilines is 2. The molecule has 3 heterocycles. The molecule has 2 aromatic carbocycles. The minimum Gasteiger partial charge on any atom is -0.495 e. The molecular formula is C28H25ClN6O2. The molecule has 8 nitrogen and oxygen atoms in total. The van der Waals surface area contributed by atoms with Crippen LogP contribution < -0.4 is 15.0 Å². The lowest BCUT2D eigenvalue weighted by molar-refractivity contribution is 0.0747. The van der Waals surface area contributed by atoms with Crippen LogP contribution in [0.5, 0.6) is 5.75 Å². The largest absolute Gasteiger partial charge is 0.495 e. The van der Waals surface area contributed by atoms with Gasteiger partial charge in [0, 0.05) is 50.5 Å². The number of fused-ring (bicyclic) bond motifs is 1. The molecule has 1 amide bonds. The number of carbonyl (C=O) groups is 1. The van der Waals surface area contributed by atoms with E-state index in [0.29, 0.717) is 65.8 Å². The highest BCUT2D eigenvalue weighted by Crippen LogP contribution is 2.30. The van der Waals surface area contributed by atoms with Crippen molar-refractivity contribution in [1.29, 1.82) is 5.26 Å². The highest BCUT2D eigenvalue weighted by Gasteiger charge is 2.26. The van der Waals surface area contributed by atoms with Crippen LogP contribution in [0, 0.1) is 11.3 Å². The summed E-state index contributed by atoms with van der Waals surface area (Å²) < 4.78 is 5.25. The number of carbonyl (C=O) groups excluding carboxylic acids is 1. The zero-order valence-electron chi connectivity index (χ0n) is 20.3. The Morgan fingerprint density at radius 3 is 2.65 bits per heavy atom. The Kier molecular flexibility index (Phi) is 7.06. The summed E-state index contributed by atoms with van der Waals surface area (Å²) in [6.07, 6.45) is 3.39. The second-order valence-corrected chi connectivity index (χ2v) is 9.09. The number of methoxy groups -OCH3 is 1. The topological polar surface area (TPSA) is 94.4 Å². The molecule has 0 spiro atoms. The molecule has 186 valence electrons. The summed E-state index contributed by atoms with van der Waals surface area (Å²) in [5.74, 6) is 1.40. The van der Waals surface area contributed by atoms with Crippen LogP contribution in [-0.4, -0.2) is 54.1 Å². The molecular weight excluding hydrogens is 488 g/mol. The first-order valence-corrected chi connectivity index (χ1v) is 12.3. The number of ether oxygens (including phenoxy) is 1. The van der Waals surface area contributed by atoms with Crippen molar-refractivity contribution in [2.75, 3.05) is 43.5 Å². The quantitative estimate of drug-likeness (QED) is 0.399. The van der Waals surface area contributed by atoms with Gasteiger partial charge in [-0.2, -0.15) is 5.26 Å². The maximum Gasteiger partial charge on any atom is 0.257 e. The minimum atomic E-state index is -0.104. The van der Waals surface area contributed by atoms with Gasteiger partial charge in [0.25, 0.3) is 5.91 Å². The second kappa shape index (κ2) is 10.7. The van der Waals surface area contributed by atoms with E-state index in [0.717, 1.165) is 16.8 Å². The number of benzene rings is 2. The van der Waals surface area contributed by atoms with Crippen molar-refractivity contribution >= 4 is 39.9 Å². The fourth-order valence-electron chi connectivity index (χ4n) is 4.47. The third kappa shape index (κ3) is 5.13. The van der Waals surface area contributed by atoms with E-state index in [1.165, 1.54) is 0 Å². The first-order valence-electron chi connectivity index (χ1n) is 11.9. The van der Waals surface area contributed by atoms with E-state index >= 15 is 0 Å². The van der Waals surface area contributed by atoms with Gasteiger partial charge in [-0.1, -0.05) is 23.7 Å². The number of pyridine rings is 2. The maximum absolute atomic E-state index is 13.7. The molecule has 9 heteroatoms. The molecule has 1 aliphatic heterocycles. The summed E-state index contributed by atoms with van der Waals surface area (Å²) in [5.41, 5.74) is 3.23. The molecule has 1 N–H and O–H groups in total. The van der Waals surface area contributed by atoms with E-state index in [1.807, 2.05) is 41.3 Å². The summed E-state index contributed by atoms with van der Waals surface area (Å²) in [6.45, 7) is 2.94. The van der Waals surface area contributed by atoms with E-state index in [2.05, 4.69) is 26.3 Å². The molecule has 1 fully saturated rings. The molecule has 5 rings (SSSR count). The molecule has 0 unspecified atom stereocenters. The monoisotopic (exact) mass is 512 g/mol. The van der Waals surface area contributed by atoms with E-state index in [1.54, 1.807) is 37.7 Å². The van der Waals surface area contributed by atoms with Gasteiger partial charge in [-0.05, 0) is 48.0 Å². The average molecular weight is 513 g/mol. The number of rotatable bonds is 6. The van der Waals surface area contributed by atoms with Crippen LogP contribution in [0.1, 0.15) is 21.5 Å². The molecule has 4 aromatic rings. The Hall–Kier alpha value is -4.35. The van der Waals surface area contributed by atoms with Gasteiger partial charge in [0.05, 0.1) is 40.5 Å². The molecule has 0 radical (unpaired) electrons. The summed E-state index contributed by atoms with van der Waals surface area (Å²) in [7, 11) is 1.57. The zero-order chi connectivity index (χ0) is 25.8. The molecule has 0 atom stereocenters. The smallest absolute Gasteiger partial charge is 0.257 e. The molecule has 0 bridgehead atoms. The lowest BCUT2D eigenvalue weighted by atomic mass is 10.0. The number of nitrogens with zero attached hydrogens (tertiary/aromatic N) is 5. The number of hydrogen-bond donors (Lipinski definition) is 1. The predicted molar refractivity (Wildman–Crippen MR) is 144 cm³/mol. The van der Waals surface area contributed by atoms with Crippen molar-refractivity contribution in [3.8, 4) is 11.8 Å². The Labute approximate surface area is 220 Å². The summed E-state index contributed by atoms with van der Waals surface area (Å²) >= 11 is 6.32. The summed E-state index contributed by atoms with van der Waals surface area (Å²) in [5, 5.41) is 14.1. The fourth-order valence-corrected chi connectivity index (χ4v) is 4.76. The Balaban J connectivity index is 1.43. The van der Waals surface area contributed by atoms with Gasteiger partial charge in [-0.25, -0.2) is 4.98 Å². The van der Waals surface area contributed by atoms with Gasteiger partial charge in [0.2, 0.25) is 0 Å². The number of piperazine rings is 1. The number of nitrogens with one attached hydrogen (secondary N) is 1. The lowest BCUT2D eigenvalue weighted by Gasteiger charge is -2.35. The fraction of sp³-hybridized carbons (Fsp3) is 0.214. The predicted octanol–water partition coefficient (Wildman–Crippen LogP) is 4.74. The lowest BCUT2D eigenvalue weighted by Crippen LogP contribution is -2.49. The molecule has 1 saturated heterocycles. The van der Waals surface area contributed by atoms with Crippen molar-refractivity contribution in [1.82, 2.24) is 14.9 Å². The van der Waals surface area contributed by atoms with E-state index in [9.17, 15) is 10.1 Å². The van der Waals surface area contributed by atoms with Gasteiger partial charge in [-0.15, -0.1) is 0 Å². The SMILES string of the molecule is COc1ccc(CNc2c(C(=O)N3CCN(c4ccccn4)CC3)cnc3ccc(C#N)cc23)cc1Cl. The first-order chi connectivity index (χ1) is 18.1. The molecule has 1 aliphatic rings. The van der Waals surface area contributed by atoms with Crippen LogP contribution in [0.25, 0.3) is 10.9 Å². The Morgan fingerprint density at radius 2 is 1.95 bits per heavy atom. The van der Waals surface area contributed by atoms with Crippen LogP contribution in [0.4, 0.5) is 11.5 Å². The van der Waals surface area contributed by atoms with Crippen LogP contribution in [0.15, 0.2) is 67.0 Å². The molecule has 2 aromatic heterocycles. The highest BCUT2D eigenvalue weighted by molar-refractivity contribution is 6.32. The minimum absolute atomic E-state index is 0.104. The number of halogens is 1. The second-order valence-electron chi connectivity index (χ2n) is 8.68. The van der Waals surface area contributed by atoms with Gasteiger partial charge in [-0.3, -0.25) is 9.78 Å². The van der Waals surface area contributed by atoms with Gasteiger partial charge in [0.1, 0.15) is 11.6 Å². The van der Waals surface area contributed by atoms with Crippen molar-refractivity contribution < 1.29 is 9.53 Å². The van der Waals surface area contributed by atoms with Crippen molar-refractivity contribution in [2.24, 2.45) is 0 Å². The number of amides is 1. The van der Waals surface area contributed by atoms with E-state index < -0.39 is 0 Å². The summed E-state index contributed by atoms with van der Waals surface area (Å²) in [6, 6.07) is 18.8. The highest BCUT2D eigenvalue weighted by atomic mass is 35.5. The summed E-state index contributed by atoms with van der Waals surface area (Å²) in [4.78, 5) is 26.7. The molecule has 37 heavy (non-hydrogen) atoms. The van der Waals surface area contributed by atoms with Gasteiger partial charge < -0.3 is 19.9 Å². The Bertz CT molecular complexity index is 1480. The van der Waals surface area contributed by atoms with E-state index in [-0.39, 0.29) is 5.91 Å². The number of hydrogen-bond acceptors (Lipinski definition) is 7. The van der Waals surface area contributed by atoms with Gasteiger partial charge in [0.15, 0.2) is 0 Å². The molecule has 0 saturated carbocycles. The molecule has 0 aliphatic carbocycles. The standard InChI is InChI=1S/C28H25ClN6O2/c1-37-25-8-6-20(15-23(25)29)17-33-27-21-14-19(16-30)5-7-24(21)32-18-22(27)28(36)35-12-10-34(11-13-35)26-4-2-3-9-31-26/h2-9,14-15,18H,10-13,17H2,1H3,(H,32,33). The van der Waals surface area contributed by atoms with Crippen molar-refractivity contribution in [2.45, 2.75) is 6.54 Å². The van der Waals surface area contributed by atoms with Crippen LogP contribution in [-0.2, 0) is 6.54 Å². The first kappa shape index (κ1) is 24.3. The van der Waals surface area contributed by atoms with Crippen LogP contribution >= 0.6 is 11.6 Å². The maximum atomic E-state index is 13.7. The van der Waals surface area contributed by atoms with Crippen molar-refractivity contribution in [3.05, 3.63) is 88.7 Å². The normalized spacial score (nSPS) is 13.3. The number of aromatic nitrogens is 2. The Morgan fingerprint density at radius 1 is 1.11 bits per heavy atom. The third-order valence-electron chi connectivity index (χ3n) is 6.45. The van der Waals surface area contributed by atoms with E-state index in [4.69, 9.17) is 16.3 Å². The van der Waals surface area contributed by atoms with Gasteiger partial charge >= 0.3 is 0 Å². The average Bonchev–Trinajstić information content (AvgIpc) is 2.95. The zero-order valence-corrected chi connectivity index (χ0v) is 21.1.